The summed E-state index contributed by atoms with van der Waals surface area (Å²) in [5, 5.41) is 9.95. The number of piperazine rings is 1. The molecule has 1 aromatic heterocycles. The molecule has 0 amide bonds. The zero-order valence-electron chi connectivity index (χ0n) is 13.3. The van der Waals surface area contributed by atoms with Crippen LogP contribution in [0.25, 0.3) is 0 Å². The van der Waals surface area contributed by atoms with Gasteiger partial charge in [0.15, 0.2) is 0 Å². The fraction of sp³-hybridized carbons (Fsp3) is 0.714. The molecule has 23 heavy (non-hydrogen) atoms. The number of hydrogen-bond acceptors (Lipinski definition) is 6. The summed E-state index contributed by atoms with van der Waals surface area (Å²) < 4.78 is 32.6. The Hall–Kier alpha value is -0.220. The Kier molecular flexibility index (Phi) is 6.85. The Labute approximate surface area is 146 Å². The fourth-order valence-corrected chi connectivity index (χ4v) is 5.43. The molecule has 1 aromatic rings. The quantitative estimate of drug-likeness (QED) is 0.773. The summed E-state index contributed by atoms with van der Waals surface area (Å²) in [5.41, 5.74) is 0. The zero-order valence-corrected chi connectivity index (χ0v) is 15.7. The molecule has 1 aliphatic heterocycles. The van der Waals surface area contributed by atoms with Crippen molar-refractivity contribution in [3.63, 3.8) is 0 Å². The highest BCUT2D eigenvalue weighted by atomic mass is 35.5. The number of hydrogen-bond donors (Lipinski definition) is 1. The second-order valence-corrected chi connectivity index (χ2v) is 9.68. The molecular formula is C14H23ClN2O4S2. The highest BCUT2D eigenvalue weighted by molar-refractivity contribution is 7.91. The third kappa shape index (κ3) is 5.38. The predicted octanol–water partition coefficient (Wildman–Crippen LogP) is 1.49. The minimum atomic E-state index is -3.46. The van der Waals surface area contributed by atoms with Crippen LogP contribution >= 0.6 is 22.9 Å². The van der Waals surface area contributed by atoms with Crippen LogP contribution in [-0.4, -0.2) is 74.3 Å². The maximum Gasteiger partial charge on any atom is 0.252 e. The summed E-state index contributed by atoms with van der Waals surface area (Å²) in [6.45, 7) is 6.65. The van der Waals surface area contributed by atoms with E-state index in [1.807, 2.05) is 13.8 Å². The van der Waals surface area contributed by atoms with Crippen LogP contribution in [0.3, 0.4) is 0 Å². The van der Waals surface area contributed by atoms with Gasteiger partial charge in [-0.15, -0.1) is 11.3 Å². The molecule has 1 saturated heterocycles. The molecule has 1 fully saturated rings. The molecule has 0 bridgehead atoms. The molecule has 1 atom stereocenters. The molecule has 1 N–H and O–H groups in total. The maximum absolute atomic E-state index is 12.5. The Bertz CT molecular complexity index is 598. The van der Waals surface area contributed by atoms with Crippen LogP contribution in [0.1, 0.15) is 13.8 Å². The smallest absolute Gasteiger partial charge is 0.252 e. The number of sulfonamides is 1. The first-order valence-corrected chi connectivity index (χ1v) is 10.2. The number of thiophene rings is 1. The Morgan fingerprint density at radius 3 is 2.48 bits per heavy atom. The predicted molar refractivity (Wildman–Crippen MR) is 91.6 cm³/mol. The lowest BCUT2D eigenvalue weighted by Gasteiger charge is -2.34. The number of ether oxygens (including phenoxy) is 1. The van der Waals surface area contributed by atoms with Gasteiger partial charge in [0.05, 0.1) is 23.2 Å². The Morgan fingerprint density at radius 1 is 1.30 bits per heavy atom. The third-order valence-corrected chi connectivity index (χ3v) is 7.16. The van der Waals surface area contributed by atoms with Gasteiger partial charge in [-0.05, 0) is 26.0 Å². The van der Waals surface area contributed by atoms with Crippen molar-refractivity contribution in [3.8, 4) is 0 Å². The van der Waals surface area contributed by atoms with Gasteiger partial charge < -0.3 is 9.84 Å². The summed E-state index contributed by atoms with van der Waals surface area (Å²) in [5.74, 6) is 0. The molecule has 132 valence electrons. The van der Waals surface area contributed by atoms with Crippen LogP contribution in [0.4, 0.5) is 0 Å². The first kappa shape index (κ1) is 19.1. The lowest BCUT2D eigenvalue weighted by molar-refractivity contribution is -0.0117. The lowest BCUT2D eigenvalue weighted by atomic mass is 10.3. The monoisotopic (exact) mass is 382 g/mol. The SMILES string of the molecule is CC(C)OC[C@@H](O)CN1CCN(S(=O)(=O)c2ccc(Cl)s2)CC1. The molecular weight excluding hydrogens is 360 g/mol. The van der Waals surface area contributed by atoms with E-state index in [0.29, 0.717) is 43.7 Å². The summed E-state index contributed by atoms with van der Waals surface area (Å²) in [6, 6.07) is 3.14. The topological polar surface area (TPSA) is 70.1 Å². The van der Waals surface area contributed by atoms with Gasteiger partial charge in [0.1, 0.15) is 4.21 Å². The van der Waals surface area contributed by atoms with E-state index in [1.54, 1.807) is 12.1 Å². The maximum atomic E-state index is 12.5. The average Bonchev–Trinajstić information content (AvgIpc) is 2.93. The molecule has 0 radical (unpaired) electrons. The van der Waals surface area contributed by atoms with E-state index >= 15 is 0 Å². The largest absolute Gasteiger partial charge is 0.389 e. The summed E-state index contributed by atoms with van der Waals surface area (Å²) in [7, 11) is -3.46. The van der Waals surface area contributed by atoms with Crippen LogP contribution in [0.2, 0.25) is 4.34 Å². The number of nitrogens with zero attached hydrogens (tertiary/aromatic N) is 2. The highest BCUT2D eigenvalue weighted by Gasteiger charge is 2.30. The first-order valence-electron chi connectivity index (χ1n) is 7.56. The van der Waals surface area contributed by atoms with Gasteiger partial charge in [0.2, 0.25) is 0 Å². The first-order chi connectivity index (χ1) is 10.8. The van der Waals surface area contributed by atoms with E-state index in [-0.39, 0.29) is 10.3 Å². The minimum Gasteiger partial charge on any atom is -0.389 e. The number of halogens is 1. The van der Waals surface area contributed by atoms with Gasteiger partial charge in [-0.2, -0.15) is 4.31 Å². The van der Waals surface area contributed by atoms with Gasteiger partial charge in [-0.3, -0.25) is 4.90 Å². The molecule has 2 heterocycles. The summed E-state index contributed by atoms with van der Waals surface area (Å²) in [6.07, 6.45) is -0.471. The molecule has 6 nitrogen and oxygen atoms in total. The molecule has 1 aliphatic rings. The van der Waals surface area contributed by atoms with Crippen LogP contribution < -0.4 is 0 Å². The van der Waals surface area contributed by atoms with Gasteiger partial charge >= 0.3 is 0 Å². The second kappa shape index (κ2) is 8.24. The molecule has 0 spiro atoms. The van der Waals surface area contributed by atoms with Gasteiger partial charge in [-0.25, -0.2) is 8.42 Å². The summed E-state index contributed by atoms with van der Waals surface area (Å²) in [4.78, 5) is 2.06. The molecule has 0 aliphatic carbocycles. The molecule has 9 heteroatoms. The molecule has 2 rings (SSSR count). The Balaban J connectivity index is 1.84. The minimum absolute atomic E-state index is 0.0873. The van der Waals surface area contributed by atoms with Crippen molar-refractivity contribution in [2.24, 2.45) is 0 Å². The van der Waals surface area contributed by atoms with E-state index in [1.165, 1.54) is 4.31 Å². The number of aliphatic hydroxyl groups is 1. The normalized spacial score (nSPS) is 19.3. The highest BCUT2D eigenvalue weighted by Crippen LogP contribution is 2.28. The van der Waals surface area contributed by atoms with Crippen molar-refractivity contribution < 1.29 is 18.3 Å². The average molecular weight is 383 g/mol. The van der Waals surface area contributed by atoms with Crippen LogP contribution in [-0.2, 0) is 14.8 Å². The second-order valence-electron chi connectivity index (χ2n) is 5.80. The van der Waals surface area contributed by atoms with Crippen molar-refractivity contribution >= 4 is 33.0 Å². The molecule has 0 unspecified atom stereocenters. The van der Waals surface area contributed by atoms with E-state index in [4.69, 9.17) is 16.3 Å². The van der Waals surface area contributed by atoms with E-state index in [9.17, 15) is 13.5 Å². The van der Waals surface area contributed by atoms with Gasteiger partial charge in [0.25, 0.3) is 10.0 Å². The van der Waals surface area contributed by atoms with Crippen molar-refractivity contribution in [1.82, 2.24) is 9.21 Å². The van der Waals surface area contributed by atoms with Crippen molar-refractivity contribution in [2.45, 2.75) is 30.3 Å². The zero-order chi connectivity index (χ0) is 17.0. The number of aliphatic hydroxyl groups excluding tert-OH is 1. The van der Waals surface area contributed by atoms with Crippen molar-refractivity contribution in [3.05, 3.63) is 16.5 Å². The molecule has 0 saturated carbocycles. The van der Waals surface area contributed by atoms with Crippen LogP contribution in [0.5, 0.6) is 0 Å². The van der Waals surface area contributed by atoms with E-state index in [2.05, 4.69) is 4.90 Å². The number of rotatable bonds is 7. The van der Waals surface area contributed by atoms with Gasteiger partial charge in [0, 0.05) is 32.7 Å². The van der Waals surface area contributed by atoms with Gasteiger partial charge in [-0.1, -0.05) is 11.6 Å². The van der Waals surface area contributed by atoms with Crippen LogP contribution in [0.15, 0.2) is 16.3 Å². The third-order valence-electron chi connectivity index (χ3n) is 3.56. The number of β-amino-alcohol motifs (C(OH)–C–C–N with tert-alkyl or cyclic N) is 1. The fourth-order valence-electron chi connectivity index (χ4n) is 2.37. The Morgan fingerprint density at radius 2 is 1.96 bits per heavy atom. The standard InChI is InChI=1S/C14H23ClN2O4S2/c1-11(2)21-10-12(18)9-16-5-7-17(8-6-16)23(19,20)14-4-3-13(15)22-14/h3-4,11-12,18H,5-10H2,1-2H3/t12-/m0/s1. The van der Waals surface area contributed by atoms with Crippen molar-refractivity contribution in [2.75, 3.05) is 39.3 Å². The molecule has 0 aromatic carbocycles. The lowest BCUT2D eigenvalue weighted by Crippen LogP contribution is -2.50. The van der Waals surface area contributed by atoms with E-state index in [0.717, 1.165) is 11.3 Å². The van der Waals surface area contributed by atoms with Crippen molar-refractivity contribution in [1.29, 1.82) is 0 Å². The summed E-state index contributed by atoms with van der Waals surface area (Å²) >= 11 is 6.90. The van der Waals surface area contributed by atoms with Crippen LogP contribution in [0, 0.1) is 0 Å². The van der Waals surface area contributed by atoms with E-state index < -0.39 is 16.1 Å².